The van der Waals surface area contributed by atoms with E-state index in [1.54, 1.807) is 0 Å². The van der Waals surface area contributed by atoms with Gasteiger partial charge in [-0.1, -0.05) is 246 Å². The molecule has 0 aliphatic carbocycles. The van der Waals surface area contributed by atoms with Crippen molar-refractivity contribution in [1.82, 2.24) is 0 Å². The molecule has 6 heteroatoms. The summed E-state index contributed by atoms with van der Waals surface area (Å²) in [5.74, 6) is -0.0551. The fraction of sp³-hybridized carbons (Fsp3) is 0.941. The molecule has 338 valence electrons. The fourth-order valence-electron chi connectivity index (χ4n) is 7.69. The molecule has 0 unspecified atom stereocenters. The Bertz CT molecular complexity index is 857. The predicted octanol–water partition coefficient (Wildman–Crippen LogP) is 16.3. The smallest absolute Gasteiger partial charge is 0.306 e. The lowest BCUT2D eigenvalue weighted by atomic mass is 10.0. The van der Waals surface area contributed by atoms with Gasteiger partial charge in [0.1, 0.15) is 13.2 Å². The minimum absolute atomic E-state index is 0.0638. The fourth-order valence-corrected chi connectivity index (χ4v) is 7.69. The third-order valence-electron chi connectivity index (χ3n) is 11.5. The quantitative estimate of drug-likeness (QED) is 0.0346. The van der Waals surface area contributed by atoms with E-state index in [1.165, 1.54) is 180 Å². The molecule has 0 aromatic carbocycles. The highest BCUT2D eigenvalue weighted by Gasteiger charge is 2.19. The number of rotatable bonds is 46. The zero-order chi connectivity index (χ0) is 41.7. The van der Waals surface area contributed by atoms with Crippen molar-refractivity contribution in [1.29, 1.82) is 0 Å². The molecule has 0 radical (unpaired) electrons. The SMILES string of the molecule is CCCCCCCCCCCCCCCCCCCCCC(=O)O[C@H](COC(=O)CCCCCCCCCCC)COC(=O)CCCCCCCCCCC(C)C. The summed E-state index contributed by atoms with van der Waals surface area (Å²) in [6.07, 6.45) is 46.7. The van der Waals surface area contributed by atoms with Crippen LogP contribution in [-0.4, -0.2) is 37.2 Å². The Balaban J connectivity index is 4.22. The van der Waals surface area contributed by atoms with Crippen LogP contribution < -0.4 is 0 Å². The van der Waals surface area contributed by atoms with Crippen LogP contribution in [0.3, 0.4) is 0 Å². The van der Waals surface area contributed by atoms with Crippen molar-refractivity contribution in [2.75, 3.05) is 13.2 Å². The van der Waals surface area contributed by atoms with Crippen LogP contribution in [-0.2, 0) is 28.6 Å². The van der Waals surface area contributed by atoms with Gasteiger partial charge in [-0.15, -0.1) is 0 Å². The summed E-state index contributed by atoms with van der Waals surface area (Å²) in [6, 6.07) is 0. The zero-order valence-electron chi connectivity index (χ0n) is 38.8. The number of hydrogen-bond donors (Lipinski definition) is 0. The van der Waals surface area contributed by atoms with Gasteiger partial charge in [-0.25, -0.2) is 0 Å². The number of esters is 3. The van der Waals surface area contributed by atoms with Gasteiger partial charge in [-0.2, -0.15) is 0 Å². The summed E-state index contributed by atoms with van der Waals surface area (Å²) >= 11 is 0. The molecule has 0 amide bonds. The lowest BCUT2D eigenvalue weighted by Gasteiger charge is -2.18. The van der Waals surface area contributed by atoms with Crippen molar-refractivity contribution >= 4 is 17.9 Å². The van der Waals surface area contributed by atoms with Gasteiger partial charge in [0.15, 0.2) is 6.10 Å². The second kappa shape index (κ2) is 45.5. The van der Waals surface area contributed by atoms with E-state index in [2.05, 4.69) is 27.7 Å². The van der Waals surface area contributed by atoms with Crippen LogP contribution in [0.1, 0.15) is 285 Å². The Morgan fingerprint density at radius 1 is 0.333 bits per heavy atom. The summed E-state index contributed by atoms with van der Waals surface area (Å²) in [6.45, 7) is 8.97. The summed E-state index contributed by atoms with van der Waals surface area (Å²) in [5, 5.41) is 0. The third kappa shape index (κ3) is 45.3. The first-order valence-electron chi connectivity index (χ1n) is 25.4. The standard InChI is InChI=1S/C51H98O6/c1-5-7-9-11-13-15-16-17-18-19-20-21-22-23-24-26-32-36-40-44-51(54)57-48(45-55-49(52)42-38-34-30-25-14-12-10-8-6-2)46-56-50(53)43-39-35-31-28-27-29-33-37-41-47(3)4/h47-48H,5-46H2,1-4H3/t48-/m1/s1. The zero-order valence-corrected chi connectivity index (χ0v) is 38.8. The van der Waals surface area contributed by atoms with Gasteiger partial charge in [-0.3, -0.25) is 14.4 Å². The molecular weight excluding hydrogens is 709 g/mol. The van der Waals surface area contributed by atoms with Crippen molar-refractivity contribution in [3.8, 4) is 0 Å². The van der Waals surface area contributed by atoms with E-state index in [-0.39, 0.29) is 31.1 Å². The maximum Gasteiger partial charge on any atom is 0.306 e. The average molecular weight is 807 g/mol. The van der Waals surface area contributed by atoms with Crippen LogP contribution in [0.4, 0.5) is 0 Å². The predicted molar refractivity (Wildman–Crippen MR) is 243 cm³/mol. The van der Waals surface area contributed by atoms with Crippen molar-refractivity contribution in [3.63, 3.8) is 0 Å². The highest BCUT2D eigenvalue weighted by atomic mass is 16.6. The molecule has 0 saturated carbocycles. The molecule has 0 saturated heterocycles. The van der Waals surface area contributed by atoms with Crippen LogP contribution in [0.15, 0.2) is 0 Å². The largest absolute Gasteiger partial charge is 0.462 e. The number of carbonyl (C=O) groups is 3. The third-order valence-corrected chi connectivity index (χ3v) is 11.5. The van der Waals surface area contributed by atoms with Gasteiger partial charge in [0.05, 0.1) is 0 Å². The van der Waals surface area contributed by atoms with Crippen LogP contribution in [0.5, 0.6) is 0 Å². The Morgan fingerprint density at radius 2 is 0.579 bits per heavy atom. The molecule has 0 heterocycles. The van der Waals surface area contributed by atoms with E-state index < -0.39 is 6.10 Å². The minimum atomic E-state index is -0.760. The van der Waals surface area contributed by atoms with Crippen LogP contribution in [0.25, 0.3) is 0 Å². The first-order valence-corrected chi connectivity index (χ1v) is 25.4. The minimum Gasteiger partial charge on any atom is -0.462 e. The van der Waals surface area contributed by atoms with Gasteiger partial charge >= 0.3 is 17.9 Å². The number of ether oxygens (including phenoxy) is 3. The summed E-state index contributed by atoms with van der Waals surface area (Å²) in [4.78, 5) is 37.8. The van der Waals surface area contributed by atoms with Gasteiger partial charge in [0.25, 0.3) is 0 Å². The first-order chi connectivity index (χ1) is 27.9. The van der Waals surface area contributed by atoms with E-state index in [0.717, 1.165) is 63.7 Å². The molecule has 0 aromatic heterocycles. The van der Waals surface area contributed by atoms with Gasteiger partial charge in [-0.05, 0) is 25.2 Å². The highest BCUT2D eigenvalue weighted by molar-refractivity contribution is 5.71. The van der Waals surface area contributed by atoms with Crippen LogP contribution >= 0.6 is 0 Å². The number of hydrogen-bond acceptors (Lipinski definition) is 6. The Labute approximate surface area is 355 Å². The summed E-state index contributed by atoms with van der Waals surface area (Å²) < 4.78 is 16.7. The molecule has 0 aliphatic rings. The molecule has 57 heavy (non-hydrogen) atoms. The van der Waals surface area contributed by atoms with Crippen LogP contribution in [0.2, 0.25) is 0 Å². The summed E-state index contributed by atoms with van der Waals surface area (Å²) in [7, 11) is 0. The molecule has 0 spiro atoms. The molecule has 0 rings (SSSR count). The van der Waals surface area contributed by atoms with Crippen LogP contribution in [0, 0.1) is 5.92 Å². The lowest BCUT2D eigenvalue weighted by molar-refractivity contribution is -0.167. The monoisotopic (exact) mass is 807 g/mol. The normalized spacial score (nSPS) is 11.9. The van der Waals surface area contributed by atoms with Crippen molar-refractivity contribution in [2.24, 2.45) is 5.92 Å². The second-order valence-corrected chi connectivity index (χ2v) is 17.9. The Kier molecular flexibility index (Phi) is 44.2. The highest BCUT2D eigenvalue weighted by Crippen LogP contribution is 2.17. The first kappa shape index (κ1) is 55.4. The van der Waals surface area contributed by atoms with Gasteiger partial charge < -0.3 is 14.2 Å². The van der Waals surface area contributed by atoms with Crippen molar-refractivity contribution < 1.29 is 28.6 Å². The Hall–Kier alpha value is -1.59. The van der Waals surface area contributed by atoms with E-state index >= 15 is 0 Å². The molecule has 0 fully saturated rings. The Morgan fingerprint density at radius 3 is 0.860 bits per heavy atom. The molecule has 0 aliphatic heterocycles. The van der Waals surface area contributed by atoms with E-state index in [4.69, 9.17) is 14.2 Å². The van der Waals surface area contributed by atoms with Gasteiger partial charge in [0, 0.05) is 19.3 Å². The maximum absolute atomic E-state index is 12.8. The molecule has 0 aromatic rings. The molecule has 6 nitrogen and oxygen atoms in total. The summed E-state index contributed by atoms with van der Waals surface area (Å²) in [5.41, 5.74) is 0. The molecule has 0 bridgehead atoms. The number of carbonyl (C=O) groups excluding carboxylic acids is 3. The second-order valence-electron chi connectivity index (χ2n) is 17.9. The lowest BCUT2D eigenvalue weighted by Crippen LogP contribution is -2.30. The number of unbranched alkanes of at least 4 members (excludes halogenated alkanes) is 33. The average Bonchev–Trinajstić information content (AvgIpc) is 3.19. The molecular formula is C51H98O6. The topological polar surface area (TPSA) is 78.9 Å². The molecule has 1 atom stereocenters. The van der Waals surface area contributed by atoms with E-state index in [0.29, 0.717) is 19.3 Å². The van der Waals surface area contributed by atoms with Gasteiger partial charge in [0.2, 0.25) is 0 Å². The van der Waals surface area contributed by atoms with Crippen molar-refractivity contribution in [2.45, 2.75) is 291 Å². The van der Waals surface area contributed by atoms with E-state index in [9.17, 15) is 14.4 Å². The van der Waals surface area contributed by atoms with E-state index in [1.807, 2.05) is 0 Å². The molecule has 0 N–H and O–H groups in total. The van der Waals surface area contributed by atoms with Crippen molar-refractivity contribution in [3.05, 3.63) is 0 Å². The maximum atomic E-state index is 12.8.